The Kier molecular flexibility index (Phi) is 5.68. The summed E-state index contributed by atoms with van der Waals surface area (Å²) in [5.74, 6) is -0.0985. The molecule has 3 N–H and O–H groups in total. The van der Waals surface area contributed by atoms with Gasteiger partial charge in [-0.3, -0.25) is 4.79 Å². The molecule has 1 aliphatic rings. The summed E-state index contributed by atoms with van der Waals surface area (Å²) in [7, 11) is 0. The molecule has 0 saturated carbocycles. The molecule has 1 heterocycles. The largest absolute Gasteiger partial charge is 0.506 e. The molecule has 0 aromatic heterocycles. The van der Waals surface area contributed by atoms with Crippen LogP contribution < -0.4 is 10.6 Å². The number of hydrogen-bond acceptors (Lipinski definition) is 4. The molecule has 130 valence electrons. The number of anilines is 1. The maximum atomic E-state index is 12.2. The number of carbonyl (C=O) groups is 1. The fourth-order valence-electron chi connectivity index (χ4n) is 2.33. The number of benzene rings is 2. The first-order valence-electron chi connectivity index (χ1n) is 7.23. The second kappa shape index (κ2) is 7.61. The van der Waals surface area contributed by atoms with Gasteiger partial charge in [-0.25, -0.2) is 0 Å². The zero-order chi connectivity index (χ0) is 18.1. The summed E-state index contributed by atoms with van der Waals surface area (Å²) in [4.78, 5) is 12.8. The van der Waals surface area contributed by atoms with Gasteiger partial charge in [-0.15, -0.1) is 0 Å². The lowest BCUT2D eigenvalue weighted by molar-refractivity contribution is -0.116. The van der Waals surface area contributed by atoms with Gasteiger partial charge >= 0.3 is 0 Å². The number of halogens is 3. The Labute approximate surface area is 171 Å². The molecule has 1 amide bonds. The van der Waals surface area contributed by atoms with E-state index in [2.05, 4.69) is 42.5 Å². The van der Waals surface area contributed by atoms with Crippen LogP contribution in [0.3, 0.4) is 0 Å². The van der Waals surface area contributed by atoms with Gasteiger partial charge < -0.3 is 15.7 Å². The van der Waals surface area contributed by atoms with Crippen molar-refractivity contribution in [2.45, 2.75) is 12.4 Å². The molecular formula is C17H13Br2ClN2O2S. The molecule has 25 heavy (non-hydrogen) atoms. The quantitative estimate of drug-likeness (QED) is 0.485. The van der Waals surface area contributed by atoms with Gasteiger partial charge in [0.1, 0.15) is 5.75 Å². The number of aryl methyl sites for hydroxylation is 1. The van der Waals surface area contributed by atoms with Crippen LogP contribution in [0.5, 0.6) is 5.75 Å². The molecule has 1 aliphatic heterocycles. The van der Waals surface area contributed by atoms with Gasteiger partial charge in [0.05, 0.1) is 9.38 Å². The summed E-state index contributed by atoms with van der Waals surface area (Å²) in [5.41, 5.74) is 2.16. The fraction of sp³-hybridized carbons (Fsp3) is 0.118. The Bertz CT molecular complexity index is 889. The Morgan fingerprint density at radius 3 is 2.80 bits per heavy atom. The summed E-state index contributed by atoms with van der Waals surface area (Å²) < 4.78 is 1.36. The van der Waals surface area contributed by atoms with Crippen LogP contribution in [0.25, 0.3) is 6.08 Å². The topological polar surface area (TPSA) is 61.4 Å². The molecule has 1 atom stereocenters. The van der Waals surface area contributed by atoms with E-state index < -0.39 is 0 Å². The lowest BCUT2D eigenvalue weighted by Crippen LogP contribution is -2.31. The normalized spacial score (nSPS) is 18.5. The third-order valence-electron chi connectivity index (χ3n) is 3.55. The fourth-order valence-corrected chi connectivity index (χ4v) is 4.78. The average molecular weight is 505 g/mol. The van der Waals surface area contributed by atoms with Crippen molar-refractivity contribution in [2.75, 3.05) is 5.32 Å². The van der Waals surface area contributed by atoms with Gasteiger partial charge in [0, 0.05) is 20.7 Å². The van der Waals surface area contributed by atoms with Crippen LogP contribution in [0.2, 0.25) is 5.02 Å². The third kappa shape index (κ3) is 4.34. The molecule has 1 fully saturated rings. The van der Waals surface area contributed by atoms with Gasteiger partial charge in [0.15, 0.2) is 5.50 Å². The standard InChI is InChI=1S/C17H13Br2ClN2O2S/c1-8-4-11(20)2-3-13(8)21-17-22-16(24)14(25-17)6-9-5-10(18)7-12(19)15(9)23/h2-7,17,21,23H,1H3,(H,22,24)/b14-6-. The van der Waals surface area contributed by atoms with E-state index in [0.717, 1.165) is 15.7 Å². The van der Waals surface area contributed by atoms with E-state index in [1.54, 1.807) is 24.3 Å². The average Bonchev–Trinajstić information content (AvgIpc) is 2.87. The van der Waals surface area contributed by atoms with E-state index in [1.807, 2.05) is 19.1 Å². The minimum absolute atomic E-state index is 0.0917. The van der Waals surface area contributed by atoms with E-state index in [1.165, 1.54) is 11.8 Å². The second-order valence-electron chi connectivity index (χ2n) is 5.41. The first kappa shape index (κ1) is 18.6. The molecular weight excluding hydrogens is 492 g/mol. The van der Waals surface area contributed by atoms with Gasteiger partial charge in [-0.1, -0.05) is 39.3 Å². The van der Waals surface area contributed by atoms with Crippen LogP contribution in [-0.2, 0) is 4.79 Å². The van der Waals surface area contributed by atoms with Crippen LogP contribution in [0, 0.1) is 6.92 Å². The highest BCUT2D eigenvalue weighted by Gasteiger charge is 2.27. The van der Waals surface area contributed by atoms with Gasteiger partial charge in [0.2, 0.25) is 0 Å². The minimum atomic E-state index is -0.295. The van der Waals surface area contributed by atoms with Gasteiger partial charge in [-0.05, 0) is 64.8 Å². The number of phenolic OH excluding ortho intramolecular Hbond substituents is 1. The monoisotopic (exact) mass is 502 g/mol. The highest BCUT2D eigenvalue weighted by atomic mass is 79.9. The van der Waals surface area contributed by atoms with Crippen molar-refractivity contribution in [1.82, 2.24) is 5.32 Å². The van der Waals surface area contributed by atoms with Crippen molar-refractivity contribution in [3.63, 3.8) is 0 Å². The van der Waals surface area contributed by atoms with Crippen LogP contribution in [0.4, 0.5) is 5.69 Å². The molecule has 2 aromatic rings. The van der Waals surface area contributed by atoms with E-state index in [0.29, 0.717) is 20.0 Å². The number of thioether (sulfide) groups is 1. The molecule has 0 bridgehead atoms. The summed E-state index contributed by atoms with van der Waals surface area (Å²) in [6.07, 6.45) is 1.67. The Morgan fingerprint density at radius 2 is 2.08 bits per heavy atom. The molecule has 0 radical (unpaired) electrons. The van der Waals surface area contributed by atoms with Gasteiger partial charge in [-0.2, -0.15) is 0 Å². The maximum Gasteiger partial charge on any atom is 0.260 e. The highest BCUT2D eigenvalue weighted by molar-refractivity contribution is 9.11. The Balaban J connectivity index is 1.81. The molecule has 4 nitrogen and oxygen atoms in total. The summed E-state index contributed by atoms with van der Waals surface area (Å²) >= 11 is 14.0. The number of amides is 1. The highest BCUT2D eigenvalue weighted by Crippen LogP contribution is 2.36. The summed E-state index contributed by atoms with van der Waals surface area (Å²) in [6.45, 7) is 1.95. The Morgan fingerprint density at radius 1 is 1.32 bits per heavy atom. The molecule has 2 aromatic carbocycles. The van der Waals surface area contributed by atoms with Crippen LogP contribution in [0.15, 0.2) is 44.2 Å². The van der Waals surface area contributed by atoms with Crippen molar-refractivity contribution < 1.29 is 9.90 Å². The number of hydrogen-bond donors (Lipinski definition) is 3. The van der Waals surface area contributed by atoms with E-state index in [9.17, 15) is 9.90 Å². The van der Waals surface area contributed by atoms with Crippen molar-refractivity contribution >= 4 is 72.9 Å². The van der Waals surface area contributed by atoms with E-state index in [4.69, 9.17) is 11.6 Å². The first-order valence-corrected chi connectivity index (χ1v) is 10.1. The zero-order valence-electron chi connectivity index (χ0n) is 12.9. The predicted molar refractivity (Wildman–Crippen MR) is 111 cm³/mol. The Hall–Kier alpha value is -1.15. The van der Waals surface area contributed by atoms with E-state index >= 15 is 0 Å². The van der Waals surface area contributed by atoms with Crippen molar-refractivity contribution in [3.8, 4) is 5.75 Å². The lowest BCUT2D eigenvalue weighted by atomic mass is 10.2. The molecule has 0 spiro atoms. The van der Waals surface area contributed by atoms with E-state index in [-0.39, 0.29) is 17.2 Å². The zero-order valence-corrected chi connectivity index (χ0v) is 17.7. The van der Waals surface area contributed by atoms with Crippen molar-refractivity contribution in [3.05, 3.63) is 60.3 Å². The number of nitrogens with one attached hydrogen (secondary N) is 2. The second-order valence-corrected chi connectivity index (χ2v) is 8.76. The molecule has 8 heteroatoms. The summed E-state index contributed by atoms with van der Waals surface area (Å²) in [6, 6.07) is 9.03. The van der Waals surface area contributed by atoms with Crippen LogP contribution >= 0.6 is 55.2 Å². The van der Waals surface area contributed by atoms with Crippen LogP contribution in [-0.4, -0.2) is 16.5 Å². The van der Waals surface area contributed by atoms with Gasteiger partial charge in [0.25, 0.3) is 5.91 Å². The summed E-state index contributed by atoms with van der Waals surface area (Å²) in [5, 5.41) is 17.0. The third-order valence-corrected chi connectivity index (χ3v) is 5.88. The van der Waals surface area contributed by atoms with Crippen molar-refractivity contribution in [1.29, 1.82) is 0 Å². The molecule has 1 saturated heterocycles. The smallest absolute Gasteiger partial charge is 0.260 e. The minimum Gasteiger partial charge on any atom is -0.506 e. The van der Waals surface area contributed by atoms with Crippen LogP contribution in [0.1, 0.15) is 11.1 Å². The lowest BCUT2D eigenvalue weighted by Gasteiger charge is -2.15. The predicted octanol–water partition coefficient (Wildman–Crippen LogP) is 5.48. The number of phenols is 1. The number of aromatic hydroxyl groups is 1. The molecule has 0 aliphatic carbocycles. The van der Waals surface area contributed by atoms with Crippen molar-refractivity contribution in [2.24, 2.45) is 0 Å². The number of rotatable bonds is 3. The SMILES string of the molecule is Cc1cc(Cl)ccc1NC1NC(=O)/C(=C/c2cc(Br)cc(Br)c2O)S1. The first-order chi connectivity index (χ1) is 11.8. The molecule has 3 rings (SSSR count). The molecule has 1 unspecified atom stereocenters. The number of carbonyl (C=O) groups excluding carboxylic acids is 1. The maximum absolute atomic E-state index is 12.2.